The molecule has 0 aliphatic rings. The van der Waals surface area contributed by atoms with Gasteiger partial charge in [-0.1, -0.05) is 13.0 Å². The van der Waals surface area contributed by atoms with Crippen LogP contribution in [0.25, 0.3) is 0 Å². The fourth-order valence-electron chi connectivity index (χ4n) is 1.26. The third kappa shape index (κ3) is 2.45. The molecule has 1 aromatic rings. The number of rotatable bonds is 4. The summed E-state index contributed by atoms with van der Waals surface area (Å²) in [6.07, 6.45) is 0.799. The van der Waals surface area contributed by atoms with Gasteiger partial charge in [-0.05, 0) is 31.0 Å². The second-order valence-corrected chi connectivity index (χ2v) is 3.14. The molecular weight excluding hydrogens is 181 g/mol. The van der Waals surface area contributed by atoms with Crippen molar-refractivity contribution >= 4 is 0 Å². The lowest BCUT2D eigenvalue weighted by Crippen LogP contribution is -2.09. The van der Waals surface area contributed by atoms with Crippen molar-refractivity contribution in [2.24, 2.45) is 5.73 Å². The largest absolute Gasteiger partial charge is 0.491 e. The average molecular weight is 197 g/mol. The lowest BCUT2D eigenvalue weighted by atomic mass is 10.1. The molecule has 0 heterocycles. The van der Waals surface area contributed by atoms with E-state index in [2.05, 4.69) is 0 Å². The van der Waals surface area contributed by atoms with Crippen LogP contribution in [-0.2, 0) is 0 Å². The molecule has 2 nitrogen and oxygen atoms in total. The summed E-state index contributed by atoms with van der Waals surface area (Å²) in [4.78, 5) is 0. The van der Waals surface area contributed by atoms with Crippen molar-refractivity contribution in [1.29, 1.82) is 0 Å². The first-order chi connectivity index (χ1) is 6.69. The number of halogens is 1. The molecule has 78 valence electrons. The Kier molecular flexibility index (Phi) is 3.89. The minimum Gasteiger partial charge on any atom is -0.491 e. The number of benzene rings is 1. The van der Waals surface area contributed by atoms with E-state index >= 15 is 0 Å². The zero-order chi connectivity index (χ0) is 10.6. The van der Waals surface area contributed by atoms with Crippen LogP contribution in [0.15, 0.2) is 18.2 Å². The Morgan fingerprint density at radius 3 is 2.64 bits per heavy atom. The normalized spacial score (nSPS) is 12.6. The second-order valence-electron chi connectivity index (χ2n) is 3.14. The lowest BCUT2D eigenvalue weighted by molar-refractivity contribution is 0.321. The van der Waals surface area contributed by atoms with Crippen molar-refractivity contribution in [1.82, 2.24) is 0 Å². The van der Waals surface area contributed by atoms with Gasteiger partial charge in [-0.2, -0.15) is 0 Å². The minimum atomic E-state index is -0.340. The lowest BCUT2D eigenvalue weighted by Gasteiger charge is -2.11. The average Bonchev–Trinajstić information content (AvgIpc) is 2.20. The molecule has 0 aromatic heterocycles. The standard InChI is InChI=1S/C11H16FNO/c1-3-10(13)8-5-6-11(14-4-2)9(12)7-8/h5-7,10H,3-4,13H2,1-2H3. The molecule has 1 atom stereocenters. The van der Waals surface area contributed by atoms with Crippen LogP contribution in [0.4, 0.5) is 4.39 Å². The topological polar surface area (TPSA) is 35.2 Å². The highest BCUT2D eigenvalue weighted by Gasteiger charge is 2.08. The van der Waals surface area contributed by atoms with Crippen molar-refractivity contribution in [3.05, 3.63) is 29.6 Å². The fraction of sp³-hybridized carbons (Fsp3) is 0.455. The van der Waals surface area contributed by atoms with Crippen molar-refractivity contribution in [3.63, 3.8) is 0 Å². The first kappa shape index (κ1) is 11.0. The van der Waals surface area contributed by atoms with Crippen molar-refractivity contribution < 1.29 is 9.13 Å². The predicted molar refractivity (Wildman–Crippen MR) is 54.8 cm³/mol. The molecule has 0 bridgehead atoms. The Labute approximate surface area is 83.9 Å². The number of hydrogen-bond donors (Lipinski definition) is 1. The van der Waals surface area contributed by atoms with Crippen LogP contribution in [0.1, 0.15) is 31.9 Å². The molecule has 0 radical (unpaired) electrons. The molecule has 0 fully saturated rings. The molecule has 14 heavy (non-hydrogen) atoms. The van der Waals surface area contributed by atoms with E-state index < -0.39 is 0 Å². The van der Waals surface area contributed by atoms with E-state index in [1.807, 2.05) is 19.9 Å². The van der Waals surface area contributed by atoms with Gasteiger partial charge in [0.1, 0.15) is 0 Å². The van der Waals surface area contributed by atoms with Crippen LogP contribution in [0.5, 0.6) is 5.75 Å². The Balaban J connectivity index is 2.88. The molecule has 0 aliphatic carbocycles. The summed E-state index contributed by atoms with van der Waals surface area (Å²) in [6.45, 7) is 4.26. The highest BCUT2D eigenvalue weighted by atomic mass is 19.1. The fourth-order valence-corrected chi connectivity index (χ4v) is 1.26. The first-order valence-corrected chi connectivity index (χ1v) is 4.86. The molecule has 0 aliphatic heterocycles. The van der Waals surface area contributed by atoms with Gasteiger partial charge in [0.15, 0.2) is 11.6 Å². The SMILES string of the molecule is CCOc1ccc(C(N)CC)cc1F. The molecule has 2 N–H and O–H groups in total. The molecule has 1 aromatic carbocycles. The van der Waals surface area contributed by atoms with E-state index in [0.29, 0.717) is 12.4 Å². The Morgan fingerprint density at radius 1 is 1.43 bits per heavy atom. The third-order valence-electron chi connectivity index (χ3n) is 2.12. The summed E-state index contributed by atoms with van der Waals surface area (Å²) >= 11 is 0. The highest BCUT2D eigenvalue weighted by Crippen LogP contribution is 2.22. The molecule has 0 amide bonds. The molecule has 0 spiro atoms. The van der Waals surface area contributed by atoms with E-state index in [9.17, 15) is 4.39 Å². The van der Waals surface area contributed by atoms with Crippen LogP contribution in [0, 0.1) is 5.82 Å². The molecule has 0 saturated heterocycles. The maximum absolute atomic E-state index is 13.4. The summed E-state index contributed by atoms with van der Waals surface area (Å²) in [5, 5.41) is 0. The second kappa shape index (κ2) is 4.96. The number of ether oxygens (including phenoxy) is 1. The maximum atomic E-state index is 13.4. The van der Waals surface area contributed by atoms with Gasteiger partial charge in [0.25, 0.3) is 0 Å². The van der Waals surface area contributed by atoms with Crippen LogP contribution in [0.3, 0.4) is 0 Å². The third-order valence-corrected chi connectivity index (χ3v) is 2.12. The number of nitrogens with two attached hydrogens (primary N) is 1. The van der Waals surface area contributed by atoms with Gasteiger partial charge in [-0.15, -0.1) is 0 Å². The monoisotopic (exact) mass is 197 g/mol. The van der Waals surface area contributed by atoms with Crippen LogP contribution in [0.2, 0.25) is 0 Å². The van der Waals surface area contributed by atoms with Gasteiger partial charge in [-0.3, -0.25) is 0 Å². The first-order valence-electron chi connectivity index (χ1n) is 4.86. The van der Waals surface area contributed by atoms with E-state index in [4.69, 9.17) is 10.5 Å². The minimum absolute atomic E-state index is 0.0971. The molecule has 1 rings (SSSR count). The van der Waals surface area contributed by atoms with E-state index in [1.54, 1.807) is 6.07 Å². The summed E-state index contributed by atoms with van der Waals surface area (Å²) in [5.41, 5.74) is 6.59. The van der Waals surface area contributed by atoms with Crippen molar-refractivity contribution in [2.75, 3.05) is 6.61 Å². The maximum Gasteiger partial charge on any atom is 0.165 e. The Bertz CT molecular complexity index is 301. The van der Waals surface area contributed by atoms with E-state index in [1.165, 1.54) is 6.07 Å². The van der Waals surface area contributed by atoms with Gasteiger partial charge < -0.3 is 10.5 Å². The van der Waals surface area contributed by atoms with Gasteiger partial charge in [0.2, 0.25) is 0 Å². The summed E-state index contributed by atoms with van der Waals surface area (Å²) < 4.78 is 18.4. The van der Waals surface area contributed by atoms with Crippen molar-refractivity contribution in [3.8, 4) is 5.75 Å². The smallest absolute Gasteiger partial charge is 0.165 e. The van der Waals surface area contributed by atoms with Gasteiger partial charge in [0.05, 0.1) is 6.61 Å². The number of hydrogen-bond acceptors (Lipinski definition) is 2. The molecular formula is C11H16FNO. The van der Waals surface area contributed by atoms with Crippen LogP contribution in [-0.4, -0.2) is 6.61 Å². The quantitative estimate of drug-likeness (QED) is 0.805. The Morgan fingerprint density at radius 2 is 2.14 bits per heavy atom. The van der Waals surface area contributed by atoms with E-state index in [-0.39, 0.29) is 11.9 Å². The van der Waals surface area contributed by atoms with Crippen LogP contribution >= 0.6 is 0 Å². The van der Waals surface area contributed by atoms with Gasteiger partial charge >= 0.3 is 0 Å². The van der Waals surface area contributed by atoms with Crippen LogP contribution < -0.4 is 10.5 Å². The molecule has 1 unspecified atom stereocenters. The van der Waals surface area contributed by atoms with E-state index in [0.717, 1.165) is 12.0 Å². The molecule has 3 heteroatoms. The molecule has 0 saturated carbocycles. The highest BCUT2D eigenvalue weighted by molar-refractivity contribution is 5.30. The summed E-state index contributed by atoms with van der Waals surface area (Å²) in [7, 11) is 0. The van der Waals surface area contributed by atoms with Gasteiger partial charge in [-0.25, -0.2) is 4.39 Å². The van der Waals surface area contributed by atoms with Crippen molar-refractivity contribution in [2.45, 2.75) is 26.3 Å². The summed E-state index contributed by atoms with van der Waals surface area (Å²) in [5.74, 6) is -0.0483. The predicted octanol–water partition coefficient (Wildman–Crippen LogP) is 2.63. The zero-order valence-electron chi connectivity index (χ0n) is 8.59. The Hall–Kier alpha value is -1.09. The zero-order valence-corrected chi connectivity index (χ0v) is 8.59. The summed E-state index contributed by atoms with van der Waals surface area (Å²) in [6, 6.07) is 4.78. The van der Waals surface area contributed by atoms with Gasteiger partial charge in [0, 0.05) is 6.04 Å².